The van der Waals surface area contributed by atoms with Crippen molar-refractivity contribution in [1.29, 1.82) is 0 Å². The van der Waals surface area contributed by atoms with Gasteiger partial charge in [-0.05, 0) is 31.4 Å². The first-order valence-corrected chi connectivity index (χ1v) is 13.1. The quantitative estimate of drug-likeness (QED) is 0.271. The maximum atomic E-state index is 14.4. The van der Waals surface area contributed by atoms with Crippen molar-refractivity contribution in [1.82, 2.24) is 24.7 Å². The molecule has 1 fully saturated rings. The summed E-state index contributed by atoms with van der Waals surface area (Å²) in [7, 11) is 1.46. The summed E-state index contributed by atoms with van der Waals surface area (Å²) in [4.78, 5) is 30.6. The Bertz CT molecular complexity index is 1630. The molecule has 0 aliphatic heterocycles. The van der Waals surface area contributed by atoms with Crippen LogP contribution in [0.15, 0.2) is 46.5 Å². The van der Waals surface area contributed by atoms with E-state index in [0.717, 1.165) is 6.20 Å². The molecule has 9 nitrogen and oxygen atoms in total. The number of nitrogen functional groups attached to an aromatic ring is 1. The number of alkyl halides is 3. The van der Waals surface area contributed by atoms with Crippen molar-refractivity contribution in [2.75, 3.05) is 5.73 Å². The molecule has 0 bridgehead atoms. The van der Waals surface area contributed by atoms with Crippen LogP contribution >= 0.6 is 0 Å². The summed E-state index contributed by atoms with van der Waals surface area (Å²) >= 11 is 0. The zero-order valence-electron chi connectivity index (χ0n) is 23.2. The molecule has 226 valence electrons. The number of aryl methyl sites for hydroxylation is 1. The number of fused-ring (bicyclic) bond motifs is 1. The average molecular weight is 595 g/mol. The van der Waals surface area contributed by atoms with Crippen LogP contribution in [0.1, 0.15) is 63.5 Å². The molecule has 1 aliphatic rings. The highest BCUT2D eigenvalue weighted by molar-refractivity contribution is 5.86. The fourth-order valence-corrected chi connectivity index (χ4v) is 4.14. The van der Waals surface area contributed by atoms with Crippen molar-refractivity contribution >= 4 is 16.5 Å². The van der Waals surface area contributed by atoms with Crippen LogP contribution < -0.4 is 16.9 Å². The molecule has 1 saturated carbocycles. The molecule has 3 aromatic heterocycles. The van der Waals surface area contributed by atoms with Crippen LogP contribution in [0.3, 0.4) is 0 Å². The summed E-state index contributed by atoms with van der Waals surface area (Å²) in [5.41, 5.74) is 0.0394. The van der Waals surface area contributed by atoms with E-state index in [9.17, 15) is 36.6 Å². The molecular formula is C28H31F5N6O3. The molecular weight excluding hydrogens is 563 g/mol. The first-order chi connectivity index (χ1) is 19.6. The van der Waals surface area contributed by atoms with E-state index in [1.807, 2.05) is 0 Å². The first kappa shape index (κ1) is 32.3. The zero-order chi connectivity index (χ0) is 31.2. The van der Waals surface area contributed by atoms with Gasteiger partial charge in [0.05, 0.1) is 28.4 Å². The van der Waals surface area contributed by atoms with Gasteiger partial charge in [0.2, 0.25) is 0 Å². The Balaban J connectivity index is 0.000000221. The molecule has 3 heterocycles. The number of halogens is 5. The highest BCUT2D eigenvalue weighted by atomic mass is 19.4. The molecule has 0 amide bonds. The topological polar surface area (TPSA) is 140 Å². The summed E-state index contributed by atoms with van der Waals surface area (Å²) in [5, 5.41) is 14.6. The van der Waals surface area contributed by atoms with E-state index in [4.69, 9.17) is 5.73 Å². The van der Waals surface area contributed by atoms with E-state index in [1.54, 1.807) is 18.9 Å². The van der Waals surface area contributed by atoms with Crippen molar-refractivity contribution in [2.24, 2.45) is 7.05 Å². The summed E-state index contributed by atoms with van der Waals surface area (Å²) in [6, 6.07) is 2.86. The van der Waals surface area contributed by atoms with Gasteiger partial charge in [0, 0.05) is 31.2 Å². The number of H-pyrrole nitrogens is 1. The summed E-state index contributed by atoms with van der Waals surface area (Å²) in [6.45, 7) is 3.13. The number of benzene rings is 1. The number of nitrogens with zero attached hydrogens (tertiary/aromatic N) is 4. The zero-order valence-corrected chi connectivity index (χ0v) is 23.2. The second kappa shape index (κ2) is 13.2. The van der Waals surface area contributed by atoms with Crippen LogP contribution in [0.4, 0.5) is 27.6 Å². The third-order valence-corrected chi connectivity index (χ3v) is 6.52. The Hall–Kier alpha value is -4.20. The molecule has 5 rings (SSSR count). The maximum absolute atomic E-state index is 14.4. The predicted octanol–water partition coefficient (Wildman–Crippen LogP) is 5.21. The number of rotatable bonds is 2. The number of nitrogens with one attached hydrogen (secondary N) is 1. The number of aromatic amines is 1. The highest BCUT2D eigenvalue weighted by Gasteiger charge is 2.36. The van der Waals surface area contributed by atoms with Gasteiger partial charge in [-0.15, -0.1) is 0 Å². The normalized spacial score (nSPS) is 13.5. The highest BCUT2D eigenvalue weighted by Crippen LogP contribution is 2.30. The minimum atomic E-state index is -4.74. The largest absolute Gasteiger partial charge is 0.423 e. The van der Waals surface area contributed by atoms with Crippen molar-refractivity contribution in [2.45, 2.75) is 64.1 Å². The van der Waals surface area contributed by atoms with Crippen LogP contribution in [0.5, 0.6) is 0 Å². The van der Waals surface area contributed by atoms with Gasteiger partial charge in [-0.2, -0.15) is 18.3 Å². The van der Waals surface area contributed by atoms with E-state index >= 15 is 0 Å². The molecule has 4 aromatic rings. The smallest absolute Gasteiger partial charge is 0.397 e. The van der Waals surface area contributed by atoms with Gasteiger partial charge in [-0.3, -0.25) is 9.59 Å². The second-order valence-electron chi connectivity index (χ2n) is 10.3. The minimum absolute atomic E-state index is 0.0259. The minimum Gasteiger partial charge on any atom is -0.397 e. The monoisotopic (exact) mass is 594 g/mol. The fourth-order valence-electron chi connectivity index (χ4n) is 4.14. The molecule has 0 saturated heterocycles. The van der Waals surface area contributed by atoms with E-state index in [0.29, 0.717) is 5.56 Å². The van der Waals surface area contributed by atoms with Gasteiger partial charge in [0.15, 0.2) is 17.5 Å². The maximum Gasteiger partial charge on any atom is 0.423 e. The molecule has 1 aliphatic carbocycles. The first-order valence-electron chi connectivity index (χ1n) is 13.1. The summed E-state index contributed by atoms with van der Waals surface area (Å²) in [5.74, 6) is -2.43. The van der Waals surface area contributed by atoms with Crippen molar-refractivity contribution in [3.05, 3.63) is 80.4 Å². The third-order valence-electron chi connectivity index (χ3n) is 6.52. The molecule has 1 aromatic carbocycles. The lowest BCUT2D eigenvalue weighted by molar-refractivity contribution is -0.138. The van der Waals surface area contributed by atoms with Crippen molar-refractivity contribution < 1.29 is 27.1 Å². The fraction of sp³-hybridized carbons (Fsp3) is 0.393. The third kappa shape index (κ3) is 7.75. The lowest BCUT2D eigenvalue weighted by atomic mass is 10.0. The van der Waals surface area contributed by atoms with Gasteiger partial charge < -0.3 is 15.4 Å². The van der Waals surface area contributed by atoms with E-state index in [2.05, 4.69) is 15.1 Å². The van der Waals surface area contributed by atoms with Crippen LogP contribution in [-0.4, -0.2) is 29.8 Å². The van der Waals surface area contributed by atoms with Crippen molar-refractivity contribution in [3.8, 4) is 11.4 Å². The lowest BCUT2D eigenvalue weighted by Gasteiger charge is -2.16. The van der Waals surface area contributed by atoms with Crippen molar-refractivity contribution in [3.63, 3.8) is 0 Å². The Labute approximate surface area is 237 Å². The number of nitrogens with two attached hydrogens (primary N) is 1. The van der Waals surface area contributed by atoms with Gasteiger partial charge >= 0.3 is 6.18 Å². The van der Waals surface area contributed by atoms with Crippen LogP contribution in [0.25, 0.3) is 22.2 Å². The Morgan fingerprint density at radius 3 is 1.95 bits per heavy atom. The molecule has 0 atom stereocenters. The van der Waals surface area contributed by atoms with Gasteiger partial charge in [-0.25, -0.2) is 23.8 Å². The second-order valence-corrected chi connectivity index (χ2v) is 10.3. The summed E-state index contributed by atoms with van der Waals surface area (Å²) < 4.78 is 65.9. The van der Waals surface area contributed by atoms with Gasteiger partial charge in [-0.1, -0.05) is 38.5 Å². The van der Waals surface area contributed by atoms with Gasteiger partial charge in [0.25, 0.3) is 11.1 Å². The Morgan fingerprint density at radius 2 is 1.50 bits per heavy atom. The van der Waals surface area contributed by atoms with Crippen LogP contribution in [-0.2, 0) is 18.8 Å². The van der Waals surface area contributed by atoms with E-state index in [-0.39, 0.29) is 22.2 Å². The molecule has 0 spiro atoms. The predicted molar refractivity (Wildman–Crippen MR) is 147 cm³/mol. The van der Waals surface area contributed by atoms with Gasteiger partial charge in [0.1, 0.15) is 5.56 Å². The standard InChI is InChI=1S/C17H15F2N3O2.C6H12.C5H4F3N3O/c1-17(2,24)10-7-20-15(21-8-10)11-6-9-4-5-22(3)16(23)12(9)14(19)13(11)18;1-2-4-6-5-3-1;6-5(7,8)3-2(9)1-10-11-4(3)12/h4-8,24H,1-3H3;1-6H2;1H,(H3,9,11,12). The molecule has 0 radical (unpaired) electrons. The SMILES string of the molecule is C1CCCCC1.Cn1ccc2cc(-c3ncc(C(C)(C)O)cn3)c(F)c(F)c2c1=O.Nc1cn[nH]c(=O)c1C(F)(F)F. The number of hydrogen-bond acceptors (Lipinski definition) is 7. The Morgan fingerprint density at radius 1 is 0.952 bits per heavy atom. The average Bonchev–Trinajstić information content (AvgIpc) is 2.93. The number of pyridine rings is 1. The number of anilines is 1. The van der Waals surface area contributed by atoms with E-state index in [1.165, 1.54) is 80.9 Å². The molecule has 14 heteroatoms. The number of hydrogen-bond donors (Lipinski definition) is 3. The molecule has 42 heavy (non-hydrogen) atoms. The Kier molecular flexibility index (Phi) is 10.1. The molecule has 0 unspecified atom stereocenters. The van der Waals surface area contributed by atoms with E-state index < -0.39 is 45.8 Å². The molecule has 4 N–H and O–H groups in total. The lowest BCUT2D eigenvalue weighted by Crippen LogP contribution is -2.24. The number of aromatic nitrogens is 5. The van der Waals surface area contributed by atoms with Crippen LogP contribution in [0, 0.1) is 11.6 Å². The summed E-state index contributed by atoms with van der Waals surface area (Å²) in [6.07, 6.45) is 9.19. The van der Waals surface area contributed by atoms with Crippen LogP contribution in [0.2, 0.25) is 0 Å². The number of aliphatic hydroxyl groups is 1.